The molecule has 0 bridgehead atoms. The van der Waals surface area contributed by atoms with Crippen molar-refractivity contribution < 1.29 is 53.9 Å². The van der Waals surface area contributed by atoms with Crippen LogP contribution in [0.2, 0.25) is 0 Å². The first-order valence-corrected chi connectivity index (χ1v) is 0. The van der Waals surface area contributed by atoms with Gasteiger partial charge in [0.1, 0.15) is 0 Å². The van der Waals surface area contributed by atoms with E-state index >= 15 is 0 Å². The summed E-state index contributed by atoms with van der Waals surface area (Å²) in [6.45, 7) is 0. The maximum Gasteiger partial charge on any atom is 0 e. The Balaban J connectivity index is 0. The Morgan fingerprint density at radius 3 is 0.375 bits per heavy atom. The monoisotopic (exact) mass is 339 g/mol. The zero-order valence-electron chi connectivity index (χ0n) is 3.72. The van der Waals surface area contributed by atoms with Gasteiger partial charge in [-0.05, 0) is 0 Å². The Hall–Kier alpha value is 0.738. The molecule has 0 fully saturated rings. The Bertz CT molecular complexity index is 8.49. The van der Waals surface area contributed by atoms with E-state index < -0.39 is 0 Å². The van der Waals surface area contributed by atoms with Crippen molar-refractivity contribution in [1.82, 2.24) is 0 Å². The van der Waals surface area contributed by atoms with Crippen molar-refractivity contribution in [2.75, 3.05) is 0 Å². The fraction of sp³-hybridized carbons (Fsp3) is 0. The SMILES string of the molecule is Cl.O.O.O.O.O.O.[Pt]. The van der Waals surface area contributed by atoms with Crippen molar-refractivity contribution in [2.45, 2.75) is 0 Å². The van der Waals surface area contributed by atoms with Gasteiger partial charge in [-0.15, -0.1) is 12.4 Å². The maximum absolute atomic E-state index is 0. The molecule has 0 aliphatic rings. The second-order valence-corrected chi connectivity index (χ2v) is 0. The molecule has 0 spiro atoms. The number of halogens is 1. The first kappa shape index (κ1) is 960. The molecular weight excluding hydrogens is 327 g/mol. The van der Waals surface area contributed by atoms with Gasteiger partial charge in [0.05, 0.1) is 0 Å². The van der Waals surface area contributed by atoms with Crippen LogP contribution >= 0.6 is 12.4 Å². The van der Waals surface area contributed by atoms with E-state index in [1.165, 1.54) is 0 Å². The fourth-order valence-electron chi connectivity index (χ4n) is 0. The van der Waals surface area contributed by atoms with Gasteiger partial charge >= 0.3 is 0 Å². The average molecular weight is 340 g/mol. The van der Waals surface area contributed by atoms with Crippen LogP contribution in [0.3, 0.4) is 0 Å². The third kappa shape index (κ3) is 407. The summed E-state index contributed by atoms with van der Waals surface area (Å²) in [7, 11) is 0. The molecular formula is H13ClO6Pt. The van der Waals surface area contributed by atoms with Crippen LogP contribution in [0.1, 0.15) is 0 Å². The minimum atomic E-state index is 0. The molecule has 0 aromatic rings. The summed E-state index contributed by atoms with van der Waals surface area (Å²) in [5, 5.41) is 0. The number of hydrogen-bond acceptors (Lipinski definition) is 0. The molecule has 0 saturated heterocycles. The molecule has 0 aromatic heterocycles. The third-order valence-electron chi connectivity index (χ3n) is 0. The van der Waals surface area contributed by atoms with Crippen molar-refractivity contribution >= 4 is 12.4 Å². The first-order valence-electron chi connectivity index (χ1n) is 0. The molecule has 8 heteroatoms. The molecule has 8 heavy (non-hydrogen) atoms. The van der Waals surface area contributed by atoms with Crippen LogP contribution in [-0.2, 0) is 21.1 Å². The second kappa shape index (κ2) is 645. The zero-order chi connectivity index (χ0) is 0. The summed E-state index contributed by atoms with van der Waals surface area (Å²) >= 11 is 0. The maximum atomic E-state index is 0. The molecule has 0 aromatic carbocycles. The standard InChI is InChI=1S/ClH.6H2O.Pt/h1H;6*1H2;. The zero-order valence-corrected chi connectivity index (χ0v) is 6.81. The van der Waals surface area contributed by atoms with Gasteiger partial charge in [0.25, 0.3) is 0 Å². The van der Waals surface area contributed by atoms with E-state index in [0.29, 0.717) is 0 Å². The summed E-state index contributed by atoms with van der Waals surface area (Å²) in [5.41, 5.74) is 0. The Labute approximate surface area is 66.8 Å². The third-order valence-corrected chi connectivity index (χ3v) is 0. The summed E-state index contributed by atoms with van der Waals surface area (Å²) in [6.07, 6.45) is 0. The van der Waals surface area contributed by atoms with Crippen LogP contribution in [0, 0.1) is 0 Å². The van der Waals surface area contributed by atoms with E-state index in [4.69, 9.17) is 0 Å². The van der Waals surface area contributed by atoms with E-state index in [2.05, 4.69) is 0 Å². The topological polar surface area (TPSA) is 189 Å². The molecule has 0 aliphatic heterocycles. The van der Waals surface area contributed by atoms with Crippen molar-refractivity contribution in [3.8, 4) is 0 Å². The van der Waals surface area contributed by atoms with Crippen LogP contribution in [0.15, 0.2) is 0 Å². The molecule has 12 N–H and O–H groups in total. The van der Waals surface area contributed by atoms with Crippen LogP contribution < -0.4 is 0 Å². The predicted octanol–water partition coefficient (Wildman–Crippen LogP) is -4.53. The minimum absolute atomic E-state index is 0. The molecule has 0 radical (unpaired) electrons. The largest absolute Gasteiger partial charge is 0.412 e. The van der Waals surface area contributed by atoms with E-state index in [1.54, 1.807) is 0 Å². The molecule has 0 heterocycles. The molecule has 0 amide bonds. The molecule has 0 aliphatic carbocycles. The van der Waals surface area contributed by atoms with Gasteiger partial charge in [-0.2, -0.15) is 0 Å². The quantitative estimate of drug-likeness (QED) is 0.411. The Morgan fingerprint density at radius 2 is 0.375 bits per heavy atom. The number of hydrogen-bond donors (Lipinski definition) is 0. The summed E-state index contributed by atoms with van der Waals surface area (Å²) < 4.78 is 0. The van der Waals surface area contributed by atoms with E-state index in [9.17, 15) is 0 Å². The van der Waals surface area contributed by atoms with E-state index in [-0.39, 0.29) is 66.3 Å². The van der Waals surface area contributed by atoms with Crippen LogP contribution in [0.4, 0.5) is 0 Å². The molecule has 0 unspecified atom stereocenters. The molecule has 66 valence electrons. The van der Waals surface area contributed by atoms with Crippen LogP contribution in [0.5, 0.6) is 0 Å². The van der Waals surface area contributed by atoms with Crippen LogP contribution in [-0.4, -0.2) is 32.9 Å². The Kier molecular flexibility index (Phi) is 77300. The molecule has 0 saturated carbocycles. The fourth-order valence-corrected chi connectivity index (χ4v) is 0. The average Bonchev–Trinajstić information content (AvgIpc) is 0. The summed E-state index contributed by atoms with van der Waals surface area (Å²) in [6, 6.07) is 0. The minimum Gasteiger partial charge on any atom is -0.412 e. The summed E-state index contributed by atoms with van der Waals surface area (Å²) in [4.78, 5) is 0. The summed E-state index contributed by atoms with van der Waals surface area (Å²) in [5.74, 6) is 0. The van der Waals surface area contributed by atoms with Gasteiger partial charge in [-0.1, -0.05) is 0 Å². The molecule has 0 atom stereocenters. The van der Waals surface area contributed by atoms with Crippen LogP contribution in [0.25, 0.3) is 0 Å². The van der Waals surface area contributed by atoms with Gasteiger partial charge in [0.2, 0.25) is 0 Å². The predicted molar refractivity (Wildman–Crippen MR) is 28.9 cm³/mol. The van der Waals surface area contributed by atoms with Gasteiger partial charge in [-0.3, -0.25) is 0 Å². The van der Waals surface area contributed by atoms with Gasteiger partial charge in [0.15, 0.2) is 0 Å². The second-order valence-electron chi connectivity index (χ2n) is 0. The van der Waals surface area contributed by atoms with E-state index in [1.807, 2.05) is 0 Å². The number of rotatable bonds is 0. The van der Waals surface area contributed by atoms with Gasteiger partial charge in [0, 0.05) is 21.1 Å². The molecule has 6 nitrogen and oxygen atoms in total. The van der Waals surface area contributed by atoms with Crippen molar-refractivity contribution in [2.24, 2.45) is 0 Å². The van der Waals surface area contributed by atoms with Crippen molar-refractivity contribution in [3.05, 3.63) is 0 Å². The molecule has 0 rings (SSSR count). The first-order chi connectivity index (χ1) is 0. The normalized spacial score (nSPS) is 0. The van der Waals surface area contributed by atoms with Gasteiger partial charge < -0.3 is 32.9 Å². The van der Waals surface area contributed by atoms with E-state index in [0.717, 1.165) is 0 Å². The van der Waals surface area contributed by atoms with Gasteiger partial charge in [-0.25, -0.2) is 0 Å². The Morgan fingerprint density at radius 1 is 0.375 bits per heavy atom. The van der Waals surface area contributed by atoms with Crippen molar-refractivity contribution in [3.63, 3.8) is 0 Å². The smallest absolute Gasteiger partial charge is 0 e. The van der Waals surface area contributed by atoms with Crippen molar-refractivity contribution in [1.29, 1.82) is 0 Å².